The van der Waals surface area contributed by atoms with Crippen LogP contribution < -0.4 is 0 Å². The smallest absolute Gasteiger partial charge is 0.332 e. The fourth-order valence-electron chi connectivity index (χ4n) is 0.461. The van der Waals surface area contributed by atoms with E-state index in [1.54, 1.807) is 6.92 Å². The number of ether oxygens (including phenoxy) is 1. The molecule has 0 bridgehead atoms. The normalized spacial score (nSPS) is 10.4. The van der Waals surface area contributed by atoms with Crippen LogP contribution in [-0.2, 0) is 14.0 Å². The molecule has 11 heavy (non-hydrogen) atoms. The van der Waals surface area contributed by atoms with E-state index in [1.807, 2.05) is 6.92 Å². The van der Waals surface area contributed by atoms with Gasteiger partial charge < -0.3 is 9.16 Å². The Morgan fingerprint density at radius 2 is 2.27 bits per heavy atom. The quantitative estimate of drug-likeness (QED) is 0.258. The lowest BCUT2D eigenvalue weighted by molar-refractivity contribution is -0.137. The van der Waals surface area contributed by atoms with Gasteiger partial charge in [0.15, 0.2) is 0 Å². The lowest BCUT2D eigenvalue weighted by Gasteiger charge is -2.02. The minimum absolute atomic E-state index is 0.322. The Morgan fingerprint density at radius 1 is 1.64 bits per heavy atom. The van der Waals surface area contributed by atoms with Crippen LogP contribution in [0.25, 0.3) is 0 Å². The summed E-state index contributed by atoms with van der Waals surface area (Å²) < 4.78 is 9.90. The maximum atomic E-state index is 10.8. The van der Waals surface area contributed by atoms with Gasteiger partial charge in [-0.3, -0.25) is 0 Å². The molecule has 64 valence electrons. The van der Waals surface area contributed by atoms with Crippen LogP contribution in [0.4, 0.5) is 0 Å². The molecule has 0 unspecified atom stereocenters. The zero-order chi connectivity index (χ0) is 8.69. The van der Waals surface area contributed by atoms with E-state index >= 15 is 0 Å². The molecule has 0 radical (unpaired) electrons. The highest BCUT2D eigenvalue weighted by molar-refractivity contribution is 6.27. The van der Waals surface area contributed by atoms with Crippen molar-refractivity contribution in [3.63, 3.8) is 0 Å². The Labute approximate surface area is 69.3 Å². The number of rotatable bonds is 5. The molecule has 0 fully saturated rings. The number of esters is 1. The highest BCUT2D eigenvalue weighted by Crippen LogP contribution is 1.90. The predicted octanol–water partition coefficient (Wildman–Crippen LogP) is 0.183. The van der Waals surface area contributed by atoms with Crippen molar-refractivity contribution >= 4 is 15.7 Å². The standard InChI is InChI=1S/C7H14O3Si/c1-4-10-11-5-9-7(8)6(2)3/h2,4-5,11H2,1,3H3. The van der Waals surface area contributed by atoms with Gasteiger partial charge in [-0.25, -0.2) is 4.79 Å². The molecule has 0 aromatic carbocycles. The summed E-state index contributed by atoms with van der Waals surface area (Å²) in [5, 5.41) is 0. The van der Waals surface area contributed by atoms with Crippen molar-refractivity contribution in [2.45, 2.75) is 13.8 Å². The number of hydrogen-bond acceptors (Lipinski definition) is 3. The van der Waals surface area contributed by atoms with Crippen LogP contribution in [0.5, 0.6) is 0 Å². The molecule has 0 saturated heterocycles. The van der Waals surface area contributed by atoms with Crippen LogP contribution in [0.2, 0.25) is 0 Å². The molecule has 3 nitrogen and oxygen atoms in total. The SMILES string of the molecule is C=C(C)C(=O)OC[SiH2]OCC. The summed E-state index contributed by atoms with van der Waals surface area (Å²) in [4.78, 5) is 10.8. The second kappa shape index (κ2) is 6.12. The van der Waals surface area contributed by atoms with Gasteiger partial charge in [-0.15, -0.1) is 0 Å². The maximum Gasteiger partial charge on any atom is 0.332 e. The van der Waals surface area contributed by atoms with Gasteiger partial charge in [0.1, 0.15) is 6.23 Å². The molecule has 0 aliphatic carbocycles. The maximum absolute atomic E-state index is 10.8. The van der Waals surface area contributed by atoms with Gasteiger partial charge in [-0.2, -0.15) is 0 Å². The monoisotopic (exact) mass is 174 g/mol. The minimum atomic E-state index is -0.648. The molecule has 0 rings (SSSR count). The third-order valence-corrected chi connectivity index (χ3v) is 2.08. The molecule has 4 heteroatoms. The summed E-state index contributed by atoms with van der Waals surface area (Å²) in [6.07, 6.45) is 0.444. The van der Waals surface area contributed by atoms with Crippen LogP contribution in [-0.4, -0.2) is 28.6 Å². The molecule has 0 heterocycles. The summed E-state index contributed by atoms with van der Waals surface area (Å²) in [6, 6.07) is 0. The number of carbonyl (C=O) groups is 1. The summed E-state index contributed by atoms with van der Waals surface area (Å²) in [7, 11) is -0.648. The largest absolute Gasteiger partial charge is 0.464 e. The van der Waals surface area contributed by atoms with E-state index in [0.717, 1.165) is 0 Å². The van der Waals surface area contributed by atoms with Crippen LogP contribution in [0.3, 0.4) is 0 Å². The molecular formula is C7H14O3Si. The molecular weight excluding hydrogens is 160 g/mol. The van der Waals surface area contributed by atoms with E-state index in [1.165, 1.54) is 0 Å². The Morgan fingerprint density at radius 3 is 2.73 bits per heavy atom. The van der Waals surface area contributed by atoms with Crippen molar-refractivity contribution in [1.29, 1.82) is 0 Å². The summed E-state index contributed by atoms with van der Waals surface area (Å²) in [5.41, 5.74) is 0.440. The van der Waals surface area contributed by atoms with Crippen molar-refractivity contribution < 1.29 is 14.0 Å². The van der Waals surface area contributed by atoms with Crippen LogP contribution in [0.15, 0.2) is 12.2 Å². The molecule has 0 aliphatic rings. The van der Waals surface area contributed by atoms with E-state index in [9.17, 15) is 4.79 Å². The molecule has 0 spiro atoms. The van der Waals surface area contributed by atoms with Crippen molar-refractivity contribution in [2.75, 3.05) is 12.8 Å². The van der Waals surface area contributed by atoms with Crippen molar-refractivity contribution in [3.05, 3.63) is 12.2 Å². The lowest BCUT2D eigenvalue weighted by Crippen LogP contribution is -2.13. The highest BCUT2D eigenvalue weighted by atomic mass is 28.2. The topological polar surface area (TPSA) is 35.5 Å². The van der Waals surface area contributed by atoms with Crippen molar-refractivity contribution in [3.8, 4) is 0 Å². The summed E-state index contributed by atoms with van der Waals surface area (Å²) in [6.45, 7) is 7.71. The average molecular weight is 174 g/mol. The fraction of sp³-hybridized carbons (Fsp3) is 0.571. The average Bonchev–Trinajstić information content (AvgIpc) is 1.97. The Balaban J connectivity index is 3.25. The van der Waals surface area contributed by atoms with E-state index in [2.05, 4.69) is 6.58 Å². The van der Waals surface area contributed by atoms with Gasteiger partial charge in [-0.1, -0.05) is 6.58 Å². The first-order chi connectivity index (χ1) is 5.18. The number of carbonyl (C=O) groups excluding carboxylic acids is 1. The second-order valence-electron chi connectivity index (χ2n) is 2.11. The molecule has 0 atom stereocenters. The van der Waals surface area contributed by atoms with Gasteiger partial charge in [0.25, 0.3) is 0 Å². The molecule has 0 aromatic heterocycles. The van der Waals surface area contributed by atoms with Gasteiger partial charge >= 0.3 is 5.97 Å². The van der Waals surface area contributed by atoms with Crippen molar-refractivity contribution in [2.24, 2.45) is 0 Å². The minimum Gasteiger partial charge on any atom is -0.464 e. The first-order valence-electron chi connectivity index (χ1n) is 3.58. The molecule has 0 saturated carbocycles. The zero-order valence-electron chi connectivity index (χ0n) is 7.05. The van der Waals surface area contributed by atoms with Crippen LogP contribution in [0.1, 0.15) is 13.8 Å². The predicted molar refractivity (Wildman–Crippen MR) is 45.9 cm³/mol. The van der Waals surface area contributed by atoms with Crippen molar-refractivity contribution in [1.82, 2.24) is 0 Å². The Bertz CT molecular complexity index is 145. The molecule has 0 aromatic rings. The van der Waals surface area contributed by atoms with Gasteiger partial charge in [-0.05, 0) is 13.8 Å². The lowest BCUT2D eigenvalue weighted by atomic mass is 10.4. The van der Waals surface area contributed by atoms with Crippen LogP contribution >= 0.6 is 0 Å². The second-order valence-corrected chi connectivity index (χ2v) is 3.34. The van der Waals surface area contributed by atoms with E-state index in [0.29, 0.717) is 18.4 Å². The fourth-order valence-corrected chi connectivity index (χ4v) is 1.14. The first-order valence-corrected chi connectivity index (χ1v) is 5.16. The Kier molecular flexibility index (Phi) is 5.78. The number of hydrogen-bond donors (Lipinski definition) is 0. The molecule has 0 N–H and O–H groups in total. The first kappa shape index (κ1) is 10.4. The van der Waals surface area contributed by atoms with Crippen LogP contribution in [0, 0.1) is 0 Å². The molecule has 0 aliphatic heterocycles. The van der Waals surface area contributed by atoms with E-state index in [4.69, 9.17) is 9.16 Å². The Hall–Kier alpha value is -0.613. The third-order valence-electron chi connectivity index (χ3n) is 1.01. The van der Waals surface area contributed by atoms with E-state index in [-0.39, 0.29) is 5.97 Å². The van der Waals surface area contributed by atoms with Gasteiger partial charge in [0, 0.05) is 12.2 Å². The summed E-state index contributed by atoms with van der Waals surface area (Å²) >= 11 is 0. The van der Waals surface area contributed by atoms with E-state index < -0.39 is 9.76 Å². The van der Waals surface area contributed by atoms with Gasteiger partial charge in [0.05, 0.1) is 0 Å². The van der Waals surface area contributed by atoms with Gasteiger partial charge in [0.2, 0.25) is 9.76 Å². The zero-order valence-corrected chi connectivity index (χ0v) is 8.47. The third kappa shape index (κ3) is 5.81. The highest BCUT2D eigenvalue weighted by Gasteiger charge is 2.01. The molecule has 0 amide bonds. The summed E-state index contributed by atoms with van der Waals surface area (Å²) in [5.74, 6) is -0.322.